The predicted molar refractivity (Wildman–Crippen MR) is 125 cm³/mol. The van der Waals surface area contributed by atoms with Gasteiger partial charge in [-0.05, 0) is 60.2 Å². The van der Waals surface area contributed by atoms with Gasteiger partial charge < -0.3 is 0 Å². The van der Waals surface area contributed by atoms with Crippen LogP contribution in [0.15, 0.2) is 85.2 Å². The van der Waals surface area contributed by atoms with E-state index in [1.165, 1.54) is 16.6 Å². The molecule has 0 saturated heterocycles. The third-order valence-corrected chi connectivity index (χ3v) is 5.04. The zero-order valence-corrected chi connectivity index (χ0v) is 17.0. The second-order valence-corrected chi connectivity index (χ2v) is 7.16. The molecule has 1 unspecified atom stereocenters. The lowest BCUT2D eigenvalue weighted by atomic mass is 9.72. The first-order valence-electron chi connectivity index (χ1n) is 10.3. The molecule has 1 aromatic carbocycles. The molecule has 2 heteroatoms. The summed E-state index contributed by atoms with van der Waals surface area (Å²) in [4.78, 5) is 4.96. The number of benzene rings is 1. The van der Waals surface area contributed by atoms with Crippen LogP contribution in [0.25, 0.3) is 16.7 Å². The molecule has 1 atom stereocenters. The van der Waals surface area contributed by atoms with E-state index >= 15 is 0 Å². The van der Waals surface area contributed by atoms with Crippen molar-refractivity contribution >= 4 is 18.3 Å². The quantitative estimate of drug-likeness (QED) is 0.334. The van der Waals surface area contributed by atoms with Crippen molar-refractivity contribution < 1.29 is 0 Å². The number of rotatable bonds is 7. The van der Waals surface area contributed by atoms with Crippen LogP contribution in [0.4, 0.5) is 0 Å². The third-order valence-electron chi connectivity index (χ3n) is 5.04. The second-order valence-electron chi connectivity index (χ2n) is 7.16. The molecular formula is C26H28BN. The second kappa shape index (κ2) is 9.92. The first kappa shape index (κ1) is 19.9. The first-order chi connectivity index (χ1) is 13.7. The maximum absolute atomic E-state index is 4.96. The average Bonchev–Trinajstić information content (AvgIpc) is 2.77. The highest BCUT2D eigenvalue weighted by Gasteiger charge is 2.15. The molecule has 0 bridgehead atoms. The Bertz CT molecular complexity index is 958. The largest absolute Gasteiger partial charge is 0.252 e. The van der Waals surface area contributed by atoms with E-state index < -0.39 is 0 Å². The molecule has 28 heavy (non-hydrogen) atoms. The molecule has 0 spiro atoms. The summed E-state index contributed by atoms with van der Waals surface area (Å²) in [6.45, 7) is 8.59. The van der Waals surface area contributed by atoms with Gasteiger partial charge in [-0.3, -0.25) is 4.98 Å². The van der Waals surface area contributed by atoms with Gasteiger partial charge in [-0.15, -0.1) is 5.73 Å². The Morgan fingerprint density at radius 3 is 2.89 bits per heavy atom. The number of allylic oxidation sites excluding steroid dienone is 6. The van der Waals surface area contributed by atoms with Gasteiger partial charge in [0.05, 0.1) is 5.69 Å². The zero-order chi connectivity index (χ0) is 19.8. The lowest BCUT2D eigenvalue weighted by Crippen LogP contribution is -2.09. The number of hydrogen-bond donors (Lipinski definition) is 0. The van der Waals surface area contributed by atoms with Gasteiger partial charge in [0.1, 0.15) is 0 Å². The normalized spacial score (nSPS) is 16.1. The molecule has 1 nitrogen and oxygen atoms in total. The predicted octanol–water partition coefficient (Wildman–Crippen LogP) is 5.98. The van der Waals surface area contributed by atoms with Gasteiger partial charge in [0, 0.05) is 11.6 Å². The van der Waals surface area contributed by atoms with Gasteiger partial charge in [0.15, 0.2) is 7.28 Å². The fourth-order valence-electron chi connectivity index (χ4n) is 3.36. The van der Waals surface area contributed by atoms with Crippen LogP contribution in [0.3, 0.4) is 0 Å². The zero-order valence-electron chi connectivity index (χ0n) is 17.0. The highest BCUT2D eigenvalue weighted by molar-refractivity contribution is 6.52. The molecule has 1 heterocycles. The maximum atomic E-state index is 4.96. The summed E-state index contributed by atoms with van der Waals surface area (Å²) in [6.07, 6.45) is 15.7. The molecule has 0 radical (unpaired) electrons. The lowest BCUT2D eigenvalue weighted by molar-refractivity contribution is 0.717. The van der Waals surface area contributed by atoms with E-state index in [1.807, 2.05) is 12.2 Å². The molecule has 0 saturated carbocycles. The smallest absolute Gasteiger partial charge is 0.154 e. The fraction of sp³-hybridized carbons (Fsp3) is 0.231. The third kappa shape index (κ3) is 5.12. The summed E-state index contributed by atoms with van der Waals surface area (Å²) >= 11 is 0. The molecule has 1 aliphatic carbocycles. The van der Waals surface area contributed by atoms with Crippen LogP contribution < -0.4 is 5.46 Å². The highest BCUT2D eigenvalue weighted by Crippen LogP contribution is 2.30. The standard InChI is InChI=1S/C26H28BN/c1-4-5-6-8-12-20(2)25-18-23(22-15-11-16-24(17-22)27-3)19-26(28-25)21-13-9-7-10-14-21/h5-8,11-12,14-19,21,27H,2,4,9,13H2,1,3H3/b6-5-,12-8-. The van der Waals surface area contributed by atoms with Crippen molar-refractivity contribution in [3.8, 4) is 11.1 Å². The topological polar surface area (TPSA) is 12.9 Å². The maximum Gasteiger partial charge on any atom is 0.154 e. The van der Waals surface area contributed by atoms with Crippen molar-refractivity contribution in [2.75, 3.05) is 0 Å². The van der Waals surface area contributed by atoms with Crippen molar-refractivity contribution in [3.05, 3.63) is 96.6 Å². The van der Waals surface area contributed by atoms with E-state index in [4.69, 9.17) is 4.98 Å². The number of hydrogen-bond acceptors (Lipinski definition) is 1. The van der Waals surface area contributed by atoms with Crippen molar-refractivity contribution in [2.45, 2.75) is 38.9 Å². The van der Waals surface area contributed by atoms with E-state index in [-0.39, 0.29) is 0 Å². The minimum atomic E-state index is 0.315. The van der Waals surface area contributed by atoms with Crippen LogP contribution in [0.2, 0.25) is 6.82 Å². The van der Waals surface area contributed by atoms with Crippen LogP contribution in [0.5, 0.6) is 0 Å². The van der Waals surface area contributed by atoms with Gasteiger partial charge >= 0.3 is 0 Å². The molecular weight excluding hydrogens is 337 g/mol. The summed E-state index contributed by atoms with van der Waals surface area (Å²) in [5.74, 6) is 0.315. The molecule has 1 aromatic heterocycles. The highest BCUT2D eigenvalue weighted by atomic mass is 14.7. The number of pyridine rings is 1. The minimum Gasteiger partial charge on any atom is -0.252 e. The number of aromatic nitrogens is 1. The Balaban J connectivity index is 2.03. The van der Waals surface area contributed by atoms with Gasteiger partial charge in [-0.1, -0.05) is 74.4 Å². The van der Waals surface area contributed by atoms with Crippen molar-refractivity contribution in [1.29, 1.82) is 0 Å². The van der Waals surface area contributed by atoms with Crippen LogP contribution in [0, 0.1) is 0 Å². The molecule has 2 aromatic rings. The molecule has 140 valence electrons. The Morgan fingerprint density at radius 2 is 2.14 bits per heavy atom. The van der Waals surface area contributed by atoms with Crippen molar-refractivity contribution in [3.63, 3.8) is 0 Å². The molecule has 0 N–H and O–H groups in total. The van der Waals surface area contributed by atoms with Crippen LogP contribution in [-0.4, -0.2) is 12.3 Å². The summed E-state index contributed by atoms with van der Waals surface area (Å²) in [5, 5.41) is 0. The SMILES string of the molecule is C=C(/C=C\C=C/CC)c1cc(-c2cccc(BC)c2)cc(C2C=C=CCC2)n1. The van der Waals surface area contributed by atoms with E-state index in [0.29, 0.717) is 5.92 Å². The molecule has 0 aliphatic heterocycles. The minimum absolute atomic E-state index is 0.315. The van der Waals surface area contributed by atoms with E-state index in [9.17, 15) is 0 Å². The van der Waals surface area contributed by atoms with Crippen molar-refractivity contribution in [2.24, 2.45) is 0 Å². The molecule has 1 aliphatic rings. The van der Waals surface area contributed by atoms with E-state index in [1.54, 1.807) is 0 Å². The Kier molecular flexibility index (Phi) is 7.06. The van der Waals surface area contributed by atoms with Crippen LogP contribution in [0.1, 0.15) is 43.5 Å². The molecule has 0 amide bonds. The van der Waals surface area contributed by atoms with Crippen LogP contribution in [-0.2, 0) is 0 Å². The number of nitrogens with zero attached hydrogens (tertiary/aromatic N) is 1. The average molecular weight is 365 g/mol. The van der Waals surface area contributed by atoms with E-state index in [2.05, 4.69) is 86.8 Å². The summed E-state index contributed by atoms with van der Waals surface area (Å²) in [5.41, 5.74) is 10.0. The van der Waals surface area contributed by atoms with Gasteiger partial charge in [0.2, 0.25) is 0 Å². The molecule has 3 rings (SSSR count). The van der Waals surface area contributed by atoms with Gasteiger partial charge in [-0.25, -0.2) is 0 Å². The van der Waals surface area contributed by atoms with Gasteiger partial charge in [0.25, 0.3) is 0 Å². The summed E-state index contributed by atoms with van der Waals surface area (Å²) in [7, 11) is 1.04. The van der Waals surface area contributed by atoms with Crippen molar-refractivity contribution in [1.82, 2.24) is 4.98 Å². The Labute approximate surface area is 170 Å². The Hall–Kier alpha value is -2.83. The lowest BCUT2D eigenvalue weighted by Gasteiger charge is -2.16. The summed E-state index contributed by atoms with van der Waals surface area (Å²) in [6, 6.07) is 13.2. The first-order valence-corrected chi connectivity index (χ1v) is 10.3. The molecule has 0 fully saturated rings. The van der Waals surface area contributed by atoms with E-state index in [0.717, 1.165) is 43.5 Å². The van der Waals surface area contributed by atoms with Crippen LogP contribution >= 0.6 is 0 Å². The monoisotopic (exact) mass is 365 g/mol. The Morgan fingerprint density at radius 1 is 1.25 bits per heavy atom. The van der Waals surface area contributed by atoms with Gasteiger partial charge in [-0.2, -0.15) is 0 Å². The summed E-state index contributed by atoms with van der Waals surface area (Å²) < 4.78 is 0. The fourth-order valence-corrected chi connectivity index (χ4v) is 3.36.